The molecule has 0 atom stereocenters. The lowest BCUT2D eigenvalue weighted by atomic mass is 10.0. The van der Waals surface area contributed by atoms with Crippen molar-refractivity contribution in [1.82, 2.24) is 5.32 Å². The van der Waals surface area contributed by atoms with Gasteiger partial charge in [0.1, 0.15) is 0 Å². The minimum atomic E-state index is 0.366. The summed E-state index contributed by atoms with van der Waals surface area (Å²) in [5.74, 6) is 0. The van der Waals surface area contributed by atoms with Crippen molar-refractivity contribution in [2.45, 2.75) is 51.9 Å². The lowest BCUT2D eigenvalue weighted by Gasteiger charge is -2.23. The van der Waals surface area contributed by atoms with Crippen LogP contribution in [0.25, 0.3) is 0 Å². The molecule has 0 saturated carbocycles. The predicted molar refractivity (Wildman–Crippen MR) is 81.9 cm³/mol. The van der Waals surface area contributed by atoms with Crippen LogP contribution in [0.1, 0.15) is 37.8 Å². The highest BCUT2D eigenvalue weighted by Gasteiger charge is 2.14. The summed E-state index contributed by atoms with van der Waals surface area (Å²) in [6, 6.07) is 9.15. The summed E-state index contributed by atoms with van der Waals surface area (Å²) in [4.78, 5) is 0. The van der Waals surface area contributed by atoms with Crippen LogP contribution in [0.2, 0.25) is 0 Å². The third-order valence-electron chi connectivity index (χ3n) is 3.71. The monoisotopic (exact) mass is 277 g/mol. The summed E-state index contributed by atoms with van der Waals surface area (Å²) in [5, 5.41) is 3.47. The molecular formula is C17H27NO2. The molecule has 0 aromatic heterocycles. The van der Waals surface area contributed by atoms with Crippen LogP contribution in [0, 0.1) is 0 Å². The van der Waals surface area contributed by atoms with Crippen LogP contribution in [0.3, 0.4) is 0 Å². The summed E-state index contributed by atoms with van der Waals surface area (Å²) < 4.78 is 11.4. The van der Waals surface area contributed by atoms with Crippen molar-refractivity contribution >= 4 is 0 Å². The molecule has 1 aliphatic rings. The maximum Gasteiger partial charge on any atom is 0.0723 e. The average Bonchev–Trinajstić information content (AvgIpc) is 2.47. The molecule has 2 rings (SSSR count). The quantitative estimate of drug-likeness (QED) is 0.831. The molecule has 0 bridgehead atoms. The van der Waals surface area contributed by atoms with Crippen LogP contribution in [0.5, 0.6) is 0 Å². The normalized spacial score (nSPS) is 16.8. The molecule has 20 heavy (non-hydrogen) atoms. The lowest BCUT2D eigenvalue weighted by molar-refractivity contribution is -0.0392. The van der Waals surface area contributed by atoms with Gasteiger partial charge in [-0.3, -0.25) is 0 Å². The van der Waals surface area contributed by atoms with E-state index in [4.69, 9.17) is 9.47 Å². The maximum absolute atomic E-state index is 6.04. The van der Waals surface area contributed by atoms with Gasteiger partial charge in [-0.05, 0) is 36.9 Å². The molecule has 1 aliphatic heterocycles. The summed E-state index contributed by atoms with van der Waals surface area (Å²) in [6.45, 7) is 7.78. The summed E-state index contributed by atoms with van der Waals surface area (Å²) in [6.07, 6.45) is 3.48. The van der Waals surface area contributed by atoms with Gasteiger partial charge < -0.3 is 14.8 Å². The second-order valence-corrected chi connectivity index (χ2v) is 5.75. The third kappa shape index (κ3) is 5.23. The molecule has 1 fully saturated rings. The van der Waals surface area contributed by atoms with Gasteiger partial charge in [0.15, 0.2) is 0 Å². The molecule has 0 spiro atoms. The minimum Gasteiger partial charge on any atom is -0.381 e. The van der Waals surface area contributed by atoms with E-state index in [-0.39, 0.29) is 0 Å². The van der Waals surface area contributed by atoms with Crippen LogP contribution in [-0.2, 0) is 22.5 Å². The fourth-order valence-corrected chi connectivity index (χ4v) is 2.49. The smallest absolute Gasteiger partial charge is 0.0723 e. The molecule has 112 valence electrons. The van der Waals surface area contributed by atoms with Gasteiger partial charge in [-0.25, -0.2) is 0 Å². The zero-order valence-electron chi connectivity index (χ0n) is 12.7. The van der Waals surface area contributed by atoms with Crippen molar-refractivity contribution in [3.8, 4) is 0 Å². The first kappa shape index (κ1) is 15.5. The van der Waals surface area contributed by atoms with Crippen LogP contribution in [-0.4, -0.2) is 31.9 Å². The fourth-order valence-electron chi connectivity index (χ4n) is 2.49. The van der Waals surface area contributed by atoms with E-state index in [1.807, 2.05) is 0 Å². The first-order valence-electron chi connectivity index (χ1n) is 7.75. The average molecular weight is 277 g/mol. The molecule has 1 aromatic carbocycles. The Morgan fingerprint density at radius 3 is 2.60 bits per heavy atom. The molecule has 3 heteroatoms. The third-order valence-corrected chi connectivity index (χ3v) is 3.71. The Hall–Kier alpha value is -0.900. The Balaban J connectivity index is 1.83. The summed E-state index contributed by atoms with van der Waals surface area (Å²) in [5.41, 5.74) is 2.72. The Bertz CT molecular complexity index is 386. The van der Waals surface area contributed by atoms with Gasteiger partial charge in [-0.2, -0.15) is 0 Å². The van der Waals surface area contributed by atoms with Crippen LogP contribution >= 0.6 is 0 Å². The van der Waals surface area contributed by atoms with E-state index >= 15 is 0 Å². The van der Waals surface area contributed by atoms with Gasteiger partial charge in [0, 0.05) is 19.3 Å². The highest BCUT2D eigenvalue weighted by molar-refractivity contribution is 5.26. The van der Waals surface area contributed by atoms with Gasteiger partial charge >= 0.3 is 0 Å². The molecule has 3 nitrogen and oxygen atoms in total. The van der Waals surface area contributed by atoms with E-state index in [1.54, 1.807) is 0 Å². The van der Waals surface area contributed by atoms with E-state index in [1.165, 1.54) is 11.1 Å². The zero-order valence-corrected chi connectivity index (χ0v) is 12.7. The minimum absolute atomic E-state index is 0.366. The first-order chi connectivity index (χ1) is 9.75. The summed E-state index contributed by atoms with van der Waals surface area (Å²) >= 11 is 0. The molecule has 0 aliphatic carbocycles. The molecule has 1 N–H and O–H groups in total. The van der Waals surface area contributed by atoms with Gasteiger partial charge in [0.25, 0.3) is 0 Å². The molecule has 0 unspecified atom stereocenters. The number of ether oxygens (including phenoxy) is 2. The van der Waals surface area contributed by atoms with Gasteiger partial charge in [0.05, 0.1) is 12.7 Å². The van der Waals surface area contributed by atoms with Crippen LogP contribution in [0.4, 0.5) is 0 Å². The van der Waals surface area contributed by atoms with Crippen molar-refractivity contribution in [2.75, 3.05) is 19.8 Å². The number of benzene rings is 1. The van der Waals surface area contributed by atoms with Crippen molar-refractivity contribution < 1.29 is 9.47 Å². The Morgan fingerprint density at radius 1 is 1.20 bits per heavy atom. The van der Waals surface area contributed by atoms with E-state index in [0.717, 1.165) is 45.6 Å². The molecule has 1 saturated heterocycles. The second-order valence-electron chi connectivity index (χ2n) is 5.75. The topological polar surface area (TPSA) is 30.5 Å². The molecule has 0 radical (unpaired) electrons. The molecular weight excluding hydrogens is 250 g/mol. The Kier molecular flexibility index (Phi) is 6.51. The number of rotatable bonds is 7. The molecule has 1 aromatic rings. The highest BCUT2D eigenvalue weighted by Crippen LogP contribution is 2.16. The second kappa shape index (κ2) is 8.40. The number of nitrogens with one attached hydrogen (secondary N) is 1. The van der Waals surface area contributed by atoms with E-state index in [0.29, 0.717) is 12.1 Å². The van der Waals surface area contributed by atoms with Crippen molar-refractivity contribution in [3.63, 3.8) is 0 Å². The SMILES string of the molecule is CC(C)NCCc1ccccc1COC1CCOCC1. The number of hydrogen-bond acceptors (Lipinski definition) is 3. The Morgan fingerprint density at radius 2 is 1.90 bits per heavy atom. The maximum atomic E-state index is 6.04. The van der Waals surface area contributed by atoms with Crippen molar-refractivity contribution in [2.24, 2.45) is 0 Å². The predicted octanol–water partition coefficient (Wildman–Crippen LogP) is 2.92. The lowest BCUT2D eigenvalue weighted by Crippen LogP contribution is -2.25. The first-order valence-corrected chi connectivity index (χ1v) is 7.75. The highest BCUT2D eigenvalue weighted by atomic mass is 16.5. The number of hydrogen-bond donors (Lipinski definition) is 1. The molecule has 0 amide bonds. The van der Waals surface area contributed by atoms with E-state index in [2.05, 4.69) is 43.4 Å². The van der Waals surface area contributed by atoms with Crippen molar-refractivity contribution in [3.05, 3.63) is 35.4 Å². The van der Waals surface area contributed by atoms with Crippen molar-refractivity contribution in [1.29, 1.82) is 0 Å². The van der Waals surface area contributed by atoms with E-state index < -0.39 is 0 Å². The fraction of sp³-hybridized carbons (Fsp3) is 0.647. The van der Waals surface area contributed by atoms with Crippen LogP contribution in [0.15, 0.2) is 24.3 Å². The van der Waals surface area contributed by atoms with Gasteiger partial charge in [0.2, 0.25) is 0 Å². The van der Waals surface area contributed by atoms with Gasteiger partial charge in [-0.15, -0.1) is 0 Å². The van der Waals surface area contributed by atoms with Crippen LogP contribution < -0.4 is 5.32 Å². The van der Waals surface area contributed by atoms with Gasteiger partial charge in [-0.1, -0.05) is 38.1 Å². The molecule has 1 heterocycles. The standard InChI is InChI=1S/C17H27NO2/c1-14(2)18-10-7-15-5-3-4-6-16(15)13-20-17-8-11-19-12-9-17/h3-6,14,17-18H,7-13H2,1-2H3. The van der Waals surface area contributed by atoms with E-state index in [9.17, 15) is 0 Å². The Labute approximate surface area is 122 Å². The largest absolute Gasteiger partial charge is 0.381 e. The zero-order chi connectivity index (χ0) is 14.2. The summed E-state index contributed by atoms with van der Waals surface area (Å²) in [7, 11) is 0.